The van der Waals surface area contributed by atoms with E-state index in [2.05, 4.69) is 0 Å². The van der Waals surface area contributed by atoms with Crippen LogP contribution in [0.5, 0.6) is 0 Å². The first-order valence-corrected chi connectivity index (χ1v) is 19.4. The van der Waals surface area contributed by atoms with Crippen LogP contribution < -0.4 is 4.90 Å². The van der Waals surface area contributed by atoms with Gasteiger partial charge in [0, 0.05) is 17.1 Å². The Labute approximate surface area is 341 Å². The minimum atomic E-state index is -1.17. The summed E-state index contributed by atoms with van der Waals surface area (Å²) in [5, 5.41) is 27.5. The molecule has 0 unspecified atom stereocenters. The van der Waals surface area contributed by atoms with Crippen molar-refractivity contribution >= 4 is 156 Å². The molecule has 3 aromatic rings. The number of thioether (sulfide) groups is 3. The number of amides is 3. The van der Waals surface area contributed by atoms with Crippen LogP contribution in [0.2, 0.25) is 0 Å². The lowest BCUT2D eigenvalue weighted by atomic mass is 10.1. The number of hydrogen-bond donors (Lipinski definition) is 3. The van der Waals surface area contributed by atoms with Gasteiger partial charge < -0.3 is 20.2 Å². The fourth-order valence-electron chi connectivity index (χ4n) is 5.37. The van der Waals surface area contributed by atoms with Crippen LogP contribution in [-0.4, -0.2) is 98.2 Å². The third-order valence-electron chi connectivity index (χ3n) is 7.85. The fraction of sp³-hybridized carbons (Fsp3) is 0.0833. The van der Waals surface area contributed by atoms with Crippen molar-refractivity contribution < 1.29 is 44.1 Å². The molecule has 0 aromatic heterocycles. The van der Waals surface area contributed by atoms with Crippen molar-refractivity contribution in [1.29, 1.82) is 0 Å². The molecule has 278 valence electrons. The van der Waals surface area contributed by atoms with E-state index < -0.39 is 55.3 Å². The number of carbonyl (C=O) groups excluding carboxylic acids is 3. The summed E-state index contributed by atoms with van der Waals surface area (Å²) >= 11 is 18.7. The Hall–Kier alpha value is -5.18. The van der Waals surface area contributed by atoms with Gasteiger partial charge in [0.25, 0.3) is 17.7 Å². The standard InChI is InChI=1S/C36H24N4O9S6/c41-28(42)16-37-31(47)25(53-34(37)50)13-19-1-7-22(8-2-19)40(23-9-3-20(4-10-23)14-26-32(48)38(17-29(43)44)35(51)54-26)24-11-5-21(6-12-24)15-27-33(49)39(18-30(45)46)36(52)55-27/h1-15H,16-18H2,(H,41,42)(H,43,44)(H,45,46). The van der Waals surface area contributed by atoms with Gasteiger partial charge in [-0.3, -0.25) is 43.5 Å². The number of aliphatic carboxylic acids is 3. The van der Waals surface area contributed by atoms with Crippen LogP contribution in [-0.2, 0) is 28.8 Å². The number of rotatable bonds is 12. The van der Waals surface area contributed by atoms with E-state index >= 15 is 0 Å². The van der Waals surface area contributed by atoms with Crippen LogP contribution in [0.3, 0.4) is 0 Å². The third kappa shape index (κ3) is 9.04. The van der Waals surface area contributed by atoms with E-state index in [9.17, 15) is 28.8 Å². The van der Waals surface area contributed by atoms with Crippen molar-refractivity contribution in [2.75, 3.05) is 24.5 Å². The number of anilines is 3. The molecule has 19 heteroatoms. The zero-order valence-electron chi connectivity index (χ0n) is 27.8. The van der Waals surface area contributed by atoms with Gasteiger partial charge in [-0.05, 0) is 71.3 Å². The molecule has 0 aliphatic carbocycles. The maximum atomic E-state index is 12.8. The van der Waals surface area contributed by atoms with Gasteiger partial charge in [-0.15, -0.1) is 0 Å². The molecule has 3 aliphatic heterocycles. The van der Waals surface area contributed by atoms with Crippen LogP contribution in [0.15, 0.2) is 87.5 Å². The van der Waals surface area contributed by atoms with Gasteiger partial charge in [0.1, 0.15) is 32.6 Å². The molecule has 0 saturated carbocycles. The Morgan fingerprint density at radius 2 is 0.727 bits per heavy atom. The average molecular weight is 849 g/mol. The summed E-state index contributed by atoms with van der Waals surface area (Å²) in [4.78, 5) is 78.0. The number of nitrogens with zero attached hydrogens (tertiary/aromatic N) is 4. The zero-order valence-corrected chi connectivity index (χ0v) is 32.7. The minimum Gasteiger partial charge on any atom is -0.480 e. The van der Waals surface area contributed by atoms with Gasteiger partial charge in [0.15, 0.2) is 0 Å². The Morgan fingerprint density at radius 1 is 0.491 bits per heavy atom. The van der Waals surface area contributed by atoms with Crippen molar-refractivity contribution in [2.45, 2.75) is 0 Å². The Balaban J connectivity index is 1.30. The molecule has 0 spiro atoms. The minimum absolute atomic E-state index is 0.159. The van der Waals surface area contributed by atoms with Crippen LogP contribution >= 0.6 is 71.9 Å². The van der Waals surface area contributed by atoms with Crippen molar-refractivity contribution in [3.63, 3.8) is 0 Å². The topological polar surface area (TPSA) is 176 Å². The van der Waals surface area contributed by atoms with Gasteiger partial charge in [0.05, 0.1) is 14.7 Å². The molecule has 3 amide bonds. The quantitative estimate of drug-likeness (QED) is 0.143. The molecular formula is C36H24N4O9S6. The molecule has 3 saturated heterocycles. The number of benzene rings is 3. The molecule has 3 heterocycles. The lowest BCUT2D eigenvalue weighted by Crippen LogP contribution is -2.33. The van der Waals surface area contributed by atoms with E-state index in [-0.39, 0.29) is 13.0 Å². The molecule has 0 atom stereocenters. The lowest BCUT2D eigenvalue weighted by Gasteiger charge is -2.26. The summed E-state index contributed by atoms with van der Waals surface area (Å²) in [6.45, 7) is -1.59. The number of hydrogen-bond acceptors (Lipinski definition) is 13. The van der Waals surface area contributed by atoms with Gasteiger partial charge in [-0.25, -0.2) is 0 Å². The van der Waals surface area contributed by atoms with E-state index in [4.69, 9.17) is 52.0 Å². The highest BCUT2D eigenvalue weighted by atomic mass is 32.2. The lowest BCUT2D eigenvalue weighted by molar-refractivity contribution is -0.140. The SMILES string of the molecule is O=C(O)CN1C(=O)C(=Cc2ccc(N(c3ccc(C=C4SC(=S)N(CC(=O)O)C4=O)cc3)c3ccc(C=C4SC(=S)N(CC(=O)O)C4=O)cc3)cc2)SC1=S. The van der Waals surface area contributed by atoms with Crippen molar-refractivity contribution in [3.8, 4) is 0 Å². The molecular weight excluding hydrogens is 825 g/mol. The zero-order chi connectivity index (χ0) is 39.6. The molecule has 3 aliphatic rings. The van der Waals surface area contributed by atoms with Gasteiger partial charge in [-0.1, -0.05) is 108 Å². The summed E-state index contributed by atoms with van der Waals surface area (Å²) in [7, 11) is 0. The van der Waals surface area contributed by atoms with Crippen molar-refractivity contribution in [3.05, 3.63) is 104 Å². The molecule has 3 fully saturated rings. The fourth-order valence-corrected chi connectivity index (χ4v) is 9.14. The number of carboxylic acid groups (broad SMARTS) is 3. The van der Waals surface area contributed by atoms with Crippen LogP contribution in [0.25, 0.3) is 18.2 Å². The first kappa shape index (κ1) is 39.5. The Kier molecular flexibility index (Phi) is 12.0. The second-order valence-electron chi connectivity index (χ2n) is 11.6. The number of carboxylic acids is 3. The summed E-state index contributed by atoms with van der Waals surface area (Å²) in [5.74, 6) is -4.99. The molecule has 0 bridgehead atoms. The van der Waals surface area contributed by atoms with Crippen molar-refractivity contribution in [1.82, 2.24) is 14.7 Å². The van der Waals surface area contributed by atoms with E-state index in [0.717, 1.165) is 67.0 Å². The Bertz CT molecular complexity index is 2040. The monoisotopic (exact) mass is 848 g/mol. The third-order valence-corrected chi connectivity index (χ3v) is 12.0. The number of carbonyl (C=O) groups is 6. The van der Waals surface area contributed by atoms with E-state index in [0.29, 0.717) is 31.4 Å². The summed E-state index contributed by atoms with van der Waals surface area (Å²) in [6.07, 6.45) is 4.91. The second-order valence-corrected chi connectivity index (χ2v) is 16.6. The van der Waals surface area contributed by atoms with Gasteiger partial charge >= 0.3 is 17.9 Å². The summed E-state index contributed by atoms with van der Waals surface area (Å²) in [6, 6.07) is 21.8. The molecule has 55 heavy (non-hydrogen) atoms. The highest BCUT2D eigenvalue weighted by molar-refractivity contribution is 8.27. The van der Waals surface area contributed by atoms with Gasteiger partial charge in [0.2, 0.25) is 0 Å². The predicted molar refractivity (Wildman–Crippen MR) is 224 cm³/mol. The van der Waals surface area contributed by atoms with Crippen molar-refractivity contribution in [2.24, 2.45) is 0 Å². The van der Waals surface area contributed by atoms with Crippen LogP contribution in [0, 0.1) is 0 Å². The molecule has 6 rings (SSSR count). The smallest absolute Gasteiger partial charge is 0.323 e. The number of thiocarbonyl (C=S) groups is 3. The van der Waals surface area contributed by atoms with E-state index in [1.807, 2.05) is 41.3 Å². The highest BCUT2D eigenvalue weighted by Crippen LogP contribution is 2.38. The predicted octanol–water partition coefficient (Wildman–Crippen LogP) is 6.01. The first-order valence-electron chi connectivity index (χ1n) is 15.7. The Morgan fingerprint density at radius 3 is 0.945 bits per heavy atom. The van der Waals surface area contributed by atoms with E-state index in [1.54, 1.807) is 54.6 Å². The summed E-state index contributed by atoms with van der Waals surface area (Å²) < 4.78 is 0.478. The van der Waals surface area contributed by atoms with Crippen LogP contribution in [0.1, 0.15) is 16.7 Å². The molecule has 3 N–H and O–H groups in total. The molecule has 0 radical (unpaired) electrons. The summed E-state index contributed by atoms with van der Waals surface area (Å²) in [5.41, 5.74) is 4.18. The maximum Gasteiger partial charge on any atom is 0.323 e. The van der Waals surface area contributed by atoms with E-state index in [1.165, 1.54) is 0 Å². The first-order chi connectivity index (χ1) is 26.2. The normalized spacial score (nSPS) is 18.1. The van der Waals surface area contributed by atoms with Crippen LogP contribution in [0.4, 0.5) is 17.1 Å². The highest BCUT2D eigenvalue weighted by Gasteiger charge is 2.35. The molecule has 13 nitrogen and oxygen atoms in total. The molecule has 3 aromatic carbocycles. The maximum absolute atomic E-state index is 12.8. The average Bonchev–Trinajstić information content (AvgIpc) is 3.66. The second kappa shape index (κ2) is 16.7. The largest absolute Gasteiger partial charge is 0.480 e. The van der Waals surface area contributed by atoms with Gasteiger partial charge in [-0.2, -0.15) is 0 Å².